The number of rotatable bonds is 8. The van der Waals surface area contributed by atoms with Crippen LogP contribution in [0.15, 0.2) is 18.2 Å². The van der Waals surface area contributed by atoms with Crippen molar-refractivity contribution in [2.45, 2.75) is 34.1 Å². The molecule has 0 heterocycles. The second-order valence-corrected chi connectivity index (χ2v) is 6.23. The van der Waals surface area contributed by atoms with Crippen molar-refractivity contribution in [3.8, 4) is 5.75 Å². The minimum atomic E-state index is -0.275. The molecule has 2 nitrogen and oxygen atoms in total. The van der Waals surface area contributed by atoms with Crippen LogP contribution in [0.1, 0.15) is 33.3 Å². The first-order chi connectivity index (χ1) is 9.43. The molecule has 0 saturated heterocycles. The number of benzene rings is 1. The van der Waals surface area contributed by atoms with Gasteiger partial charge in [0.1, 0.15) is 0 Å². The molecule has 114 valence electrons. The van der Waals surface area contributed by atoms with E-state index in [0.29, 0.717) is 23.5 Å². The highest BCUT2D eigenvalue weighted by Gasteiger charge is 2.15. The zero-order chi connectivity index (χ0) is 15.1. The highest BCUT2D eigenvalue weighted by atomic mass is 19.1. The SMILES string of the molecule is COc1ccc(CC(CNCC(C)C)C(C)C)cc1F. The molecule has 0 bridgehead atoms. The van der Waals surface area contributed by atoms with E-state index < -0.39 is 0 Å². The molecule has 0 aromatic heterocycles. The van der Waals surface area contributed by atoms with Crippen molar-refractivity contribution < 1.29 is 9.13 Å². The zero-order valence-corrected chi connectivity index (χ0v) is 13.4. The number of halogens is 1. The fourth-order valence-corrected chi connectivity index (χ4v) is 2.24. The lowest BCUT2D eigenvalue weighted by Gasteiger charge is -2.22. The third kappa shape index (κ3) is 5.49. The molecule has 0 saturated carbocycles. The van der Waals surface area contributed by atoms with Gasteiger partial charge in [0.25, 0.3) is 0 Å². The van der Waals surface area contributed by atoms with Crippen LogP contribution < -0.4 is 10.1 Å². The molecule has 0 aliphatic carbocycles. The van der Waals surface area contributed by atoms with Gasteiger partial charge in [-0.15, -0.1) is 0 Å². The van der Waals surface area contributed by atoms with Crippen LogP contribution in [0, 0.1) is 23.6 Å². The second-order valence-electron chi connectivity index (χ2n) is 6.23. The van der Waals surface area contributed by atoms with E-state index in [4.69, 9.17) is 4.74 Å². The molecular formula is C17H28FNO. The Balaban J connectivity index is 2.63. The number of methoxy groups -OCH3 is 1. The standard InChI is InChI=1S/C17H28FNO/c1-12(2)10-19-11-15(13(3)4)8-14-6-7-17(20-5)16(18)9-14/h6-7,9,12-13,15,19H,8,10-11H2,1-5H3. The molecule has 1 atom stereocenters. The topological polar surface area (TPSA) is 21.3 Å². The summed E-state index contributed by atoms with van der Waals surface area (Å²) >= 11 is 0. The second kappa shape index (κ2) is 8.25. The van der Waals surface area contributed by atoms with E-state index in [-0.39, 0.29) is 5.82 Å². The Bertz CT molecular complexity index is 404. The van der Waals surface area contributed by atoms with Crippen molar-refractivity contribution in [1.29, 1.82) is 0 Å². The Kier molecular flexibility index (Phi) is 7.00. The van der Waals surface area contributed by atoms with Crippen molar-refractivity contribution in [3.05, 3.63) is 29.6 Å². The summed E-state index contributed by atoms with van der Waals surface area (Å²) in [6, 6.07) is 5.26. The molecule has 0 amide bonds. The minimum absolute atomic E-state index is 0.275. The molecular weight excluding hydrogens is 253 g/mol. The Hall–Kier alpha value is -1.09. The molecule has 1 rings (SSSR count). The molecule has 0 fully saturated rings. The molecule has 1 aromatic rings. The van der Waals surface area contributed by atoms with E-state index in [1.807, 2.05) is 6.07 Å². The predicted octanol–water partition coefficient (Wildman–Crippen LogP) is 3.89. The number of hydrogen-bond donors (Lipinski definition) is 1. The summed E-state index contributed by atoms with van der Waals surface area (Å²) in [5.41, 5.74) is 1.04. The van der Waals surface area contributed by atoms with Crippen molar-refractivity contribution in [2.75, 3.05) is 20.2 Å². The van der Waals surface area contributed by atoms with Crippen LogP contribution in [0.3, 0.4) is 0 Å². The summed E-state index contributed by atoms with van der Waals surface area (Å²) < 4.78 is 18.7. The number of ether oxygens (including phenoxy) is 1. The van der Waals surface area contributed by atoms with Gasteiger partial charge in [-0.2, -0.15) is 0 Å². The molecule has 1 aromatic carbocycles. The van der Waals surface area contributed by atoms with Gasteiger partial charge >= 0.3 is 0 Å². The number of nitrogens with one attached hydrogen (secondary N) is 1. The van der Waals surface area contributed by atoms with Crippen LogP contribution in [-0.2, 0) is 6.42 Å². The lowest BCUT2D eigenvalue weighted by molar-refractivity contribution is 0.351. The third-order valence-corrected chi connectivity index (χ3v) is 3.62. The Morgan fingerprint density at radius 3 is 2.35 bits per heavy atom. The zero-order valence-electron chi connectivity index (χ0n) is 13.4. The van der Waals surface area contributed by atoms with Crippen LogP contribution in [-0.4, -0.2) is 20.2 Å². The molecule has 1 unspecified atom stereocenters. The molecule has 3 heteroatoms. The van der Waals surface area contributed by atoms with Crippen LogP contribution >= 0.6 is 0 Å². The predicted molar refractivity (Wildman–Crippen MR) is 82.7 cm³/mol. The van der Waals surface area contributed by atoms with E-state index in [2.05, 4.69) is 33.0 Å². The summed E-state index contributed by atoms with van der Waals surface area (Å²) in [7, 11) is 1.49. The summed E-state index contributed by atoms with van der Waals surface area (Å²) in [5.74, 6) is 1.78. The Morgan fingerprint density at radius 2 is 1.85 bits per heavy atom. The third-order valence-electron chi connectivity index (χ3n) is 3.62. The van der Waals surface area contributed by atoms with Gasteiger partial charge in [-0.1, -0.05) is 33.8 Å². The first-order valence-corrected chi connectivity index (χ1v) is 7.47. The Labute approximate surface area is 122 Å². The van der Waals surface area contributed by atoms with Crippen LogP contribution in [0.2, 0.25) is 0 Å². The maximum Gasteiger partial charge on any atom is 0.165 e. The summed E-state index contributed by atoms with van der Waals surface area (Å²) in [5, 5.41) is 3.51. The normalized spacial score (nSPS) is 13.0. The van der Waals surface area contributed by atoms with Gasteiger partial charge in [0.15, 0.2) is 11.6 Å². The fourth-order valence-electron chi connectivity index (χ4n) is 2.24. The molecule has 0 aliphatic rings. The summed E-state index contributed by atoms with van der Waals surface area (Å²) in [6.45, 7) is 10.9. The van der Waals surface area contributed by atoms with E-state index in [9.17, 15) is 4.39 Å². The monoisotopic (exact) mass is 281 g/mol. The molecule has 0 radical (unpaired) electrons. The molecule has 0 spiro atoms. The summed E-state index contributed by atoms with van der Waals surface area (Å²) in [6.07, 6.45) is 0.893. The van der Waals surface area contributed by atoms with Crippen molar-refractivity contribution >= 4 is 0 Å². The maximum atomic E-state index is 13.7. The van der Waals surface area contributed by atoms with Crippen molar-refractivity contribution in [2.24, 2.45) is 17.8 Å². The highest BCUT2D eigenvalue weighted by Crippen LogP contribution is 2.22. The molecule has 1 N–H and O–H groups in total. The highest BCUT2D eigenvalue weighted by molar-refractivity contribution is 5.29. The van der Waals surface area contributed by atoms with E-state index in [1.54, 1.807) is 12.1 Å². The first kappa shape index (κ1) is 17.0. The quantitative estimate of drug-likeness (QED) is 0.780. The summed E-state index contributed by atoms with van der Waals surface area (Å²) in [4.78, 5) is 0. The van der Waals surface area contributed by atoms with Crippen LogP contribution in [0.5, 0.6) is 5.75 Å². The fraction of sp³-hybridized carbons (Fsp3) is 0.647. The molecule has 20 heavy (non-hydrogen) atoms. The van der Waals surface area contributed by atoms with Gasteiger partial charge in [-0.05, 0) is 55.0 Å². The van der Waals surface area contributed by atoms with Gasteiger partial charge in [0.2, 0.25) is 0 Å². The van der Waals surface area contributed by atoms with Gasteiger partial charge in [-0.25, -0.2) is 4.39 Å². The van der Waals surface area contributed by atoms with Crippen molar-refractivity contribution in [1.82, 2.24) is 5.32 Å². The maximum absolute atomic E-state index is 13.7. The molecule has 0 aliphatic heterocycles. The van der Waals surface area contributed by atoms with E-state index in [1.165, 1.54) is 7.11 Å². The van der Waals surface area contributed by atoms with Crippen LogP contribution in [0.25, 0.3) is 0 Å². The van der Waals surface area contributed by atoms with Gasteiger partial charge in [0.05, 0.1) is 7.11 Å². The van der Waals surface area contributed by atoms with E-state index >= 15 is 0 Å². The van der Waals surface area contributed by atoms with Gasteiger partial charge in [-0.3, -0.25) is 0 Å². The van der Waals surface area contributed by atoms with Gasteiger partial charge < -0.3 is 10.1 Å². The first-order valence-electron chi connectivity index (χ1n) is 7.47. The lowest BCUT2D eigenvalue weighted by atomic mass is 9.89. The van der Waals surface area contributed by atoms with Gasteiger partial charge in [0, 0.05) is 0 Å². The van der Waals surface area contributed by atoms with E-state index in [0.717, 1.165) is 25.1 Å². The largest absolute Gasteiger partial charge is 0.494 e. The smallest absolute Gasteiger partial charge is 0.165 e. The minimum Gasteiger partial charge on any atom is -0.494 e. The average Bonchev–Trinajstić information content (AvgIpc) is 2.37. The number of hydrogen-bond acceptors (Lipinski definition) is 2. The average molecular weight is 281 g/mol. The Morgan fingerprint density at radius 1 is 1.15 bits per heavy atom. The van der Waals surface area contributed by atoms with Crippen molar-refractivity contribution in [3.63, 3.8) is 0 Å². The lowest BCUT2D eigenvalue weighted by Crippen LogP contribution is -2.30. The van der Waals surface area contributed by atoms with Crippen LogP contribution in [0.4, 0.5) is 4.39 Å².